The molecule has 0 aliphatic rings. The van der Waals surface area contributed by atoms with E-state index in [2.05, 4.69) is 19.8 Å². The molecular weight excluding hydrogens is 259 g/mol. The molecule has 11 heavy (non-hydrogen) atoms. The maximum absolute atomic E-state index is 10.6. The van der Waals surface area contributed by atoms with Gasteiger partial charge in [-0.15, -0.1) is 0 Å². The molecule has 0 aromatic carbocycles. The van der Waals surface area contributed by atoms with Crippen molar-refractivity contribution in [1.29, 1.82) is 0 Å². The van der Waals surface area contributed by atoms with Crippen molar-refractivity contribution < 1.29 is 5.11 Å². The summed E-state index contributed by atoms with van der Waals surface area (Å²) in [5, 5.41) is 9.00. The predicted molar refractivity (Wildman–Crippen MR) is 48.6 cm³/mol. The van der Waals surface area contributed by atoms with Crippen LogP contribution in [-0.4, -0.2) is 15.1 Å². The lowest BCUT2D eigenvalue weighted by Crippen LogP contribution is -2.00. The van der Waals surface area contributed by atoms with Crippen molar-refractivity contribution in [2.75, 3.05) is 0 Å². The molecule has 1 aromatic heterocycles. The Morgan fingerprint density at radius 3 is 2.73 bits per heavy atom. The smallest absolute Gasteiger partial charge is 0.325 e. The Bertz CT molecular complexity index is 355. The van der Waals surface area contributed by atoms with E-state index in [0.717, 1.165) is 0 Å². The van der Waals surface area contributed by atoms with Crippen LogP contribution in [-0.2, 0) is 6.42 Å². The zero-order valence-corrected chi connectivity index (χ0v) is 7.60. The van der Waals surface area contributed by atoms with Crippen molar-refractivity contribution in [3.63, 3.8) is 0 Å². The fraction of sp³-hybridized carbons (Fsp3) is 0.167. The molecule has 0 bridgehead atoms. The first-order chi connectivity index (χ1) is 5.24. The highest BCUT2D eigenvalue weighted by atomic mass is 127. The SMILES string of the molecule is O=c1[nH]c(O)c(CC#CI)[nH]1. The topological polar surface area (TPSA) is 68.9 Å². The summed E-state index contributed by atoms with van der Waals surface area (Å²) < 4.78 is 2.63. The van der Waals surface area contributed by atoms with E-state index in [0.29, 0.717) is 12.1 Å². The first-order valence-electron chi connectivity index (χ1n) is 2.82. The molecule has 1 rings (SSSR count). The minimum atomic E-state index is -0.409. The molecule has 0 saturated heterocycles. The van der Waals surface area contributed by atoms with E-state index in [4.69, 9.17) is 5.11 Å². The second-order valence-electron chi connectivity index (χ2n) is 1.85. The summed E-state index contributed by atoms with van der Waals surface area (Å²) in [5.74, 6) is 2.57. The summed E-state index contributed by atoms with van der Waals surface area (Å²) in [5.41, 5.74) is 0.0203. The molecule has 0 spiro atoms. The van der Waals surface area contributed by atoms with Crippen molar-refractivity contribution in [2.45, 2.75) is 6.42 Å². The fourth-order valence-electron chi connectivity index (χ4n) is 0.660. The van der Waals surface area contributed by atoms with E-state index in [1.807, 2.05) is 22.6 Å². The molecule has 0 aliphatic carbocycles. The summed E-state index contributed by atoms with van der Waals surface area (Å²) in [7, 11) is 0. The largest absolute Gasteiger partial charge is 0.493 e. The Balaban J connectivity index is 2.91. The maximum Gasteiger partial charge on any atom is 0.325 e. The molecule has 58 valence electrons. The summed E-state index contributed by atoms with van der Waals surface area (Å²) in [4.78, 5) is 15.2. The molecule has 5 heteroatoms. The van der Waals surface area contributed by atoms with Gasteiger partial charge in [-0.05, 0) is 3.93 Å². The Morgan fingerprint density at radius 1 is 1.55 bits per heavy atom. The molecule has 0 unspecified atom stereocenters. The average molecular weight is 264 g/mol. The molecule has 1 heterocycles. The van der Waals surface area contributed by atoms with Crippen molar-refractivity contribution in [3.05, 3.63) is 16.2 Å². The van der Waals surface area contributed by atoms with Gasteiger partial charge in [0.2, 0.25) is 5.88 Å². The van der Waals surface area contributed by atoms with E-state index >= 15 is 0 Å². The molecule has 0 fully saturated rings. The molecule has 0 aliphatic heterocycles. The van der Waals surface area contributed by atoms with Crippen LogP contribution in [0.5, 0.6) is 5.88 Å². The van der Waals surface area contributed by atoms with E-state index in [1.54, 1.807) is 0 Å². The number of imidazole rings is 1. The lowest BCUT2D eigenvalue weighted by Gasteiger charge is -1.86. The maximum atomic E-state index is 10.6. The van der Waals surface area contributed by atoms with E-state index in [1.165, 1.54) is 0 Å². The number of hydrogen-bond acceptors (Lipinski definition) is 2. The van der Waals surface area contributed by atoms with Crippen LogP contribution in [0.15, 0.2) is 4.79 Å². The highest BCUT2D eigenvalue weighted by molar-refractivity contribution is 14.1. The van der Waals surface area contributed by atoms with Gasteiger partial charge in [0.25, 0.3) is 0 Å². The molecule has 1 aromatic rings. The van der Waals surface area contributed by atoms with Gasteiger partial charge in [-0.1, -0.05) is 5.92 Å². The zero-order valence-electron chi connectivity index (χ0n) is 5.44. The van der Waals surface area contributed by atoms with Gasteiger partial charge >= 0.3 is 5.69 Å². The average Bonchev–Trinajstić information content (AvgIpc) is 2.26. The number of hydrogen-bond donors (Lipinski definition) is 3. The number of H-pyrrole nitrogens is 2. The highest BCUT2D eigenvalue weighted by Crippen LogP contribution is 2.06. The first kappa shape index (κ1) is 8.20. The number of halogens is 1. The first-order valence-corrected chi connectivity index (χ1v) is 3.90. The third-order valence-electron chi connectivity index (χ3n) is 1.11. The lowest BCUT2D eigenvalue weighted by molar-refractivity contribution is 0.450. The fourth-order valence-corrected chi connectivity index (χ4v) is 0.851. The van der Waals surface area contributed by atoms with Crippen LogP contribution >= 0.6 is 22.6 Å². The second-order valence-corrected chi connectivity index (χ2v) is 2.39. The van der Waals surface area contributed by atoms with Gasteiger partial charge in [-0.2, -0.15) is 0 Å². The van der Waals surface area contributed by atoms with Crippen molar-refractivity contribution in [3.8, 4) is 15.7 Å². The Kier molecular flexibility index (Phi) is 2.59. The van der Waals surface area contributed by atoms with E-state index in [9.17, 15) is 4.79 Å². The number of aromatic nitrogens is 2. The minimum Gasteiger partial charge on any atom is -0.493 e. The van der Waals surface area contributed by atoms with Crippen LogP contribution in [0.25, 0.3) is 0 Å². The highest BCUT2D eigenvalue weighted by Gasteiger charge is 2.01. The van der Waals surface area contributed by atoms with Gasteiger partial charge in [0, 0.05) is 22.6 Å². The summed E-state index contributed by atoms with van der Waals surface area (Å²) >= 11 is 1.89. The zero-order chi connectivity index (χ0) is 8.27. The summed E-state index contributed by atoms with van der Waals surface area (Å²) in [6.07, 6.45) is 0.355. The van der Waals surface area contributed by atoms with Crippen LogP contribution in [0.2, 0.25) is 0 Å². The van der Waals surface area contributed by atoms with Gasteiger partial charge in [0.05, 0.1) is 12.1 Å². The number of aromatic hydroxyl groups is 1. The Morgan fingerprint density at radius 2 is 2.27 bits per heavy atom. The molecule has 0 radical (unpaired) electrons. The van der Waals surface area contributed by atoms with Crippen LogP contribution in [0.3, 0.4) is 0 Å². The van der Waals surface area contributed by atoms with Gasteiger partial charge in [0.15, 0.2) is 0 Å². The number of rotatable bonds is 1. The van der Waals surface area contributed by atoms with Gasteiger partial charge < -0.3 is 10.1 Å². The van der Waals surface area contributed by atoms with Gasteiger partial charge in [-0.3, -0.25) is 4.98 Å². The lowest BCUT2D eigenvalue weighted by atomic mass is 10.3. The Labute approximate surface area is 76.2 Å². The summed E-state index contributed by atoms with van der Waals surface area (Å²) in [6.45, 7) is 0. The van der Waals surface area contributed by atoms with Crippen LogP contribution < -0.4 is 5.69 Å². The second kappa shape index (κ2) is 3.48. The number of aromatic amines is 2. The third kappa shape index (κ3) is 2.01. The quantitative estimate of drug-likeness (QED) is 0.506. The van der Waals surface area contributed by atoms with Crippen molar-refractivity contribution in [2.24, 2.45) is 0 Å². The molecular formula is C6H5IN2O2. The van der Waals surface area contributed by atoms with Crippen molar-refractivity contribution in [1.82, 2.24) is 9.97 Å². The molecule has 3 N–H and O–H groups in total. The Hall–Kier alpha value is -0.900. The van der Waals surface area contributed by atoms with E-state index in [-0.39, 0.29) is 5.88 Å². The van der Waals surface area contributed by atoms with Crippen molar-refractivity contribution >= 4 is 22.6 Å². The van der Waals surface area contributed by atoms with Gasteiger partial charge in [0.1, 0.15) is 0 Å². The predicted octanol–water partition coefficient (Wildman–Crippen LogP) is 0.347. The molecule has 0 saturated carbocycles. The third-order valence-corrected chi connectivity index (χ3v) is 1.50. The molecule has 4 nitrogen and oxygen atoms in total. The van der Waals surface area contributed by atoms with E-state index < -0.39 is 5.69 Å². The number of nitrogens with one attached hydrogen (secondary N) is 2. The molecule has 0 atom stereocenters. The normalized spacial score (nSPS) is 8.82. The molecule has 0 amide bonds. The van der Waals surface area contributed by atoms with Crippen LogP contribution in [0, 0.1) is 9.85 Å². The standard InChI is InChI=1S/C6H5IN2O2/c7-3-1-2-4-5(10)9-6(11)8-4/h10H,2H2,(H2,8,9,11). The minimum absolute atomic E-state index is 0.130. The monoisotopic (exact) mass is 264 g/mol. The van der Waals surface area contributed by atoms with Gasteiger partial charge in [-0.25, -0.2) is 4.79 Å². The summed E-state index contributed by atoms with van der Waals surface area (Å²) in [6, 6.07) is 0. The van der Waals surface area contributed by atoms with Crippen LogP contribution in [0.4, 0.5) is 0 Å². The van der Waals surface area contributed by atoms with Crippen LogP contribution in [0.1, 0.15) is 5.69 Å².